The Morgan fingerprint density at radius 3 is 2.64 bits per heavy atom. The molecule has 12 heteroatoms. The van der Waals surface area contributed by atoms with Crippen LogP contribution in [-0.2, 0) is 10.1 Å². The number of amides is 2. The van der Waals surface area contributed by atoms with Gasteiger partial charge in [0, 0.05) is 12.2 Å². The second-order valence-corrected chi connectivity index (χ2v) is 7.32. The van der Waals surface area contributed by atoms with Crippen LogP contribution in [0.2, 0.25) is 5.02 Å². The van der Waals surface area contributed by atoms with Crippen molar-refractivity contribution in [3.63, 3.8) is 0 Å². The molecule has 0 aliphatic rings. The number of aromatic nitrogens is 3. The zero-order chi connectivity index (χ0) is 20.3. The van der Waals surface area contributed by atoms with E-state index in [4.69, 9.17) is 11.6 Å². The molecule has 0 spiro atoms. The molecule has 2 amide bonds. The summed E-state index contributed by atoms with van der Waals surface area (Å²) in [6, 6.07) is 6.87. The predicted octanol–water partition coefficient (Wildman–Crippen LogP) is 2.81. The number of hydrogen-bond donors (Lipinski definition) is 4. The van der Waals surface area contributed by atoms with E-state index in [1.54, 1.807) is 19.1 Å². The smallest absolute Gasteiger partial charge is 0.320 e. The van der Waals surface area contributed by atoms with Gasteiger partial charge in [-0.05, 0) is 37.3 Å². The number of nitrogens with one attached hydrogen (secondary N) is 3. The number of anilines is 3. The predicted molar refractivity (Wildman–Crippen MR) is 105 cm³/mol. The Morgan fingerprint density at radius 1 is 1.18 bits per heavy atom. The first kappa shape index (κ1) is 19.7. The lowest BCUT2D eigenvalue weighted by atomic mass is 10.3. The molecule has 2 heterocycles. The third kappa shape index (κ3) is 4.63. The second-order valence-electron chi connectivity index (χ2n) is 5.52. The van der Waals surface area contributed by atoms with E-state index in [-0.39, 0.29) is 16.5 Å². The van der Waals surface area contributed by atoms with Crippen molar-refractivity contribution >= 4 is 56.2 Å². The molecule has 0 radical (unpaired) electrons. The Bertz CT molecular complexity index is 1160. The van der Waals surface area contributed by atoms with Gasteiger partial charge >= 0.3 is 6.03 Å². The molecule has 0 saturated carbocycles. The van der Waals surface area contributed by atoms with Crippen molar-refractivity contribution in [3.8, 4) is 0 Å². The van der Waals surface area contributed by atoms with Crippen molar-refractivity contribution in [3.05, 3.63) is 41.6 Å². The zero-order valence-corrected chi connectivity index (χ0v) is 16.0. The standard InChI is InChI=1S/C16H15ClN6O4S/c1-2-18-16(24)23-13-6-5-11-15(21-13)22-14(8-19-11)20-9-3-4-10(17)12(7-9)28(25,26)27/h3-8H,2H2,1H3,(H,25,26,27)(H3,18,20,21,22,23,24). The lowest BCUT2D eigenvalue weighted by Crippen LogP contribution is -2.28. The largest absolute Gasteiger partial charge is 0.339 e. The summed E-state index contributed by atoms with van der Waals surface area (Å²) in [7, 11) is -4.47. The lowest BCUT2D eigenvalue weighted by Gasteiger charge is -2.09. The monoisotopic (exact) mass is 422 g/mol. The minimum Gasteiger partial charge on any atom is -0.339 e. The van der Waals surface area contributed by atoms with Gasteiger partial charge in [0.25, 0.3) is 10.1 Å². The molecular weight excluding hydrogens is 408 g/mol. The van der Waals surface area contributed by atoms with Crippen molar-refractivity contribution in [1.29, 1.82) is 0 Å². The number of nitrogens with zero attached hydrogens (tertiary/aromatic N) is 3. The summed E-state index contributed by atoms with van der Waals surface area (Å²) in [5.74, 6) is 0.573. The lowest BCUT2D eigenvalue weighted by molar-refractivity contribution is 0.252. The Balaban J connectivity index is 1.89. The molecule has 0 aliphatic carbocycles. The van der Waals surface area contributed by atoms with Gasteiger partial charge in [0.15, 0.2) is 11.5 Å². The fraction of sp³-hybridized carbons (Fsp3) is 0.125. The highest BCUT2D eigenvalue weighted by Crippen LogP contribution is 2.26. The molecule has 0 bridgehead atoms. The Labute approximate surface area is 165 Å². The number of carbonyl (C=O) groups excluding carboxylic acids is 1. The molecule has 10 nitrogen and oxygen atoms in total. The van der Waals surface area contributed by atoms with Gasteiger partial charge < -0.3 is 10.6 Å². The summed E-state index contributed by atoms with van der Waals surface area (Å²) in [6.07, 6.45) is 1.43. The maximum absolute atomic E-state index is 11.6. The van der Waals surface area contributed by atoms with Crippen LogP contribution < -0.4 is 16.0 Å². The number of fused-ring (bicyclic) bond motifs is 1. The first-order valence-corrected chi connectivity index (χ1v) is 9.81. The van der Waals surface area contributed by atoms with Gasteiger partial charge in [0.1, 0.15) is 16.2 Å². The van der Waals surface area contributed by atoms with Crippen LogP contribution in [0.4, 0.5) is 22.1 Å². The highest BCUT2D eigenvalue weighted by atomic mass is 35.5. The van der Waals surface area contributed by atoms with Crippen LogP contribution in [-0.4, -0.2) is 40.5 Å². The SMILES string of the molecule is CCNC(=O)Nc1ccc2ncc(Nc3ccc(Cl)c(S(=O)(=O)O)c3)nc2n1. The van der Waals surface area contributed by atoms with Crippen LogP contribution in [0.15, 0.2) is 41.4 Å². The molecule has 0 fully saturated rings. The van der Waals surface area contributed by atoms with E-state index in [2.05, 4.69) is 30.9 Å². The minimum atomic E-state index is -4.47. The van der Waals surface area contributed by atoms with E-state index in [0.717, 1.165) is 0 Å². The maximum atomic E-state index is 11.6. The van der Waals surface area contributed by atoms with E-state index in [1.165, 1.54) is 24.4 Å². The van der Waals surface area contributed by atoms with E-state index in [9.17, 15) is 17.8 Å². The summed E-state index contributed by atoms with van der Waals surface area (Å²) in [5, 5.41) is 7.92. The third-order valence-electron chi connectivity index (χ3n) is 3.47. The minimum absolute atomic E-state index is 0.111. The van der Waals surface area contributed by atoms with Crippen LogP contribution in [0.25, 0.3) is 11.2 Å². The van der Waals surface area contributed by atoms with Gasteiger partial charge in [-0.3, -0.25) is 9.87 Å². The molecule has 28 heavy (non-hydrogen) atoms. The van der Waals surface area contributed by atoms with Gasteiger partial charge in [-0.1, -0.05) is 11.6 Å². The van der Waals surface area contributed by atoms with Crippen LogP contribution in [0.5, 0.6) is 0 Å². The molecule has 3 aromatic rings. The highest BCUT2D eigenvalue weighted by molar-refractivity contribution is 7.86. The molecule has 4 N–H and O–H groups in total. The van der Waals surface area contributed by atoms with E-state index in [1.807, 2.05) is 0 Å². The van der Waals surface area contributed by atoms with Crippen molar-refractivity contribution < 1.29 is 17.8 Å². The molecule has 0 unspecified atom stereocenters. The summed E-state index contributed by atoms with van der Waals surface area (Å²) >= 11 is 5.80. The molecule has 1 aromatic carbocycles. The number of benzene rings is 1. The van der Waals surface area contributed by atoms with E-state index < -0.39 is 21.0 Å². The van der Waals surface area contributed by atoms with Crippen molar-refractivity contribution in [2.75, 3.05) is 17.2 Å². The van der Waals surface area contributed by atoms with Crippen LogP contribution in [0.3, 0.4) is 0 Å². The van der Waals surface area contributed by atoms with Gasteiger partial charge in [-0.25, -0.2) is 19.7 Å². The van der Waals surface area contributed by atoms with Crippen LogP contribution in [0.1, 0.15) is 6.92 Å². The fourth-order valence-electron chi connectivity index (χ4n) is 2.28. The number of urea groups is 1. The fourth-order valence-corrected chi connectivity index (χ4v) is 3.28. The summed E-state index contributed by atoms with van der Waals surface area (Å²) < 4.78 is 32.0. The molecular formula is C16H15ClN6O4S. The number of rotatable bonds is 5. The Morgan fingerprint density at radius 2 is 1.93 bits per heavy atom. The Hall–Kier alpha value is -3.02. The zero-order valence-electron chi connectivity index (χ0n) is 14.5. The van der Waals surface area contributed by atoms with E-state index >= 15 is 0 Å². The van der Waals surface area contributed by atoms with Crippen molar-refractivity contribution in [1.82, 2.24) is 20.3 Å². The molecule has 146 valence electrons. The Kier molecular flexibility index (Phi) is 5.58. The average molecular weight is 423 g/mol. The first-order chi connectivity index (χ1) is 13.3. The molecule has 0 atom stereocenters. The summed E-state index contributed by atoms with van der Waals surface area (Å²) in [5.41, 5.74) is 1.09. The van der Waals surface area contributed by atoms with Crippen LogP contribution >= 0.6 is 11.6 Å². The second kappa shape index (κ2) is 7.92. The van der Waals surface area contributed by atoms with Gasteiger partial charge in [-0.15, -0.1) is 0 Å². The molecule has 2 aromatic heterocycles. The van der Waals surface area contributed by atoms with Crippen molar-refractivity contribution in [2.45, 2.75) is 11.8 Å². The highest BCUT2D eigenvalue weighted by Gasteiger charge is 2.15. The first-order valence-electron chi connectivity index (χ1n) is 7.99. The molecule has 0 saturated heterocycles. The summed E-state index contributed by atoms with van der Waals surface area (Å²) in [6.45, 7) is 2.26. The van der Waals surface area contributed by atoms with E-state index in [0.29, 0.717) is 23.6 Å². The number of hydrogen-bond acceptors (Lipinski definition) is 7. The average Bonchev–Trinajstić information content (AvgIpc) is 2.62. The van der Waals surface area contributed by atoms with Gasteiger partial charge in [0.05, 0.1) is 11.2 Å². The number of carbonyl (C=O) groups is 1. The summed E-state index contributed by atoms with van der Waals surface area (Å²) in [4.78, 5) is 23.9. The van der Waals surface area contributed by atoms with Gasteiger partial charge in [-0.2, -0.15) is 8.42 Å². The van der Waals surface area contributed by atoms with Crippen molar-refractivity contribution in [2.24, 2.45) is 0 Å². The van der Waals surface area contributed by atoms with Gasteiger partial charge in [0.2, 0.25) is 0 Å². The third-order valence-corrected chi connectivity index (χ3v) is 4.80. The quantitative estimate of drug-likeness (QED) is 0.459. The topological polar surface area (TPSA) is 146 Å². The maximum Gasteiger partial charge on any atom is 0.320 e. The van der Waals surface area contributed by atoms with Crippen LogP contribution in [0, 0.1) is 0 Å². The molecule has 3 rings (SSSR count). The number of halogens is 1. The normalized spacial score (nSPS) is 11.2. The molecule has 0 aliphatic heterocycles. The number of pyridine rings is 1.